The van der Waals surface area contributed by atoms with Crippen LogP contribution in [-0.4, -0.2) is 19.4 Å². The van der Waals surface area contributed by atoms with E-state index in [2.05, 4.69) is 19.1 Å². The molecule has 2 aromatic rings. The molecule has 0 atom stereocenters. The van der Waals surface area contributed by atoms with Crippen molar-refractivity contribution in [3.63, 3.8) is 0 Å². The van der Waals surface area contributed by atoms with Crippen molar-refractivity contribution in [3.05, 3.63) is 51.2 Å². The van der Waals surface area contributed by atoms with Gasteiger partial charge in [0.15, 0.2) is 5.78 Å². The summed E-state index contributed by atoms with van der Waals surface area (Å²) in [5.41, 5.74) is 2.35. The third kappa shape index (κ3) is 3.58. The summed E-state index contributed by atoms with van der Waals surface area (Å²) in [4.78, 5) is 14.7. The van der Waals surface area contributed by atoms with Crippen LogP contribution in [-0.2, 0) is 6.42 Å². The van der Waals surface area contributed by atoms with E-state index in [1.807, 2.05) is 24.1 Å². The average Bonchev–Trinajstić information content (AvgIpc) is 2.85. The van der Waals surface area contributed by atoms with Crippen LogP contribution in [0.15, 0.2) is 36.4 Å². The van der Waals surface area contributed by atoms with Gasteiger partial charge in [0.1, 0.15) is 0 Å². The van der Waals surface area contributed by atoms with Crippen LogP contribution in [0, 0.1) is 0 Å². The summed E-state index contributed by atoms with van der Waals surface area (Å²) < 4.78 is 0.651. The second-order valence-corrected chi connectivity index (χ2v) is 6.12. The summed E-state index contributed by atoms with van der Waals surface area (Å²) >= 11 is 7.17. The first-order chi connectivity index (χ1) is 9.10. The van der Waals surface area contributed by atoms with Crippen LogP contribution in [0.5, 0.6) is 0 Å². The number of rotatable bonds is 5. The Morgan fingerprint density at radius 3 is 2.42 bits per heavy atom. The third-order valence-corrected chi connectivity index (χ3v) is 4.29. The molecule has 100 valence electrons. The standard InChI is InChI=1S/C15H16ClNOS/c1-3-11-4-6-12(7-5-11)17(2)10-13(18)14-8-9-15(16)19-14/h4-9H,3,10H2,1-2H3. The molecule has 0 aliphatic heterocycles. The van der Waals surface area contributed by atoms with Crippen molar-refractivity contribution in [1.82, 2.24) is 0 Å². The number of nitrogens with zero attached hydrogens (tertiary/aromatic N) is 1. The molecule has 4 heteroatoms. The van der Waals surface area contributed by atoms with Crippen LogP contribution < -0.4 is 4.90 Å². The lowest BCUT2D eigenvalue weighted by Crippen LogP contribution is -2.25. The smallest absolute Gasteiger partial charge is 0.192 e. The minimum atomic E-state index is 0.0963. The molecule has 0 radical (unpaired) electrons. The Hall–Kier alpha value is -1.32. The molecule has 1 heterocycles. The minimum Gasteiger partial charge on any atom is -0.367 e. The molecular weight excluding hydrogens is 278 g/mol. The molecule has 0 bridgehead atoms. The normalized spacial score (nSPS) is 10.5. The molecule has 1 aromatic carbocycles. The molecule has 0 saturated carbocycles. The van der Waals surface area contributed by atoms with Crippen molar-refractivity contribution in [3.8, 4) is 0 Å². The summed E-state index contributed by atoms with van der Waals surface area (Å²) in [7, 11) is 1.92. The first-order valence-electron chi connectivity index (χ1n) is 6.18. The molecule has 0 fully saturated rings. The highest BCUT2D eigenvalue weighted by Gasteiger charge is 2.12. The number of hydrogen-bond acceptors (Lipinski definition) is 3. The van der Waals surface area contributed by atoms with Gasteiger partial charge in [0.2, 0.25) is 0 Å². The second-order valence-electron chi connectivity index (χ2n) is 4.40. The number of hydrogen-bond donors (Lipinski definition) is 0. The summed E-state index contributed by atoms with van der Waals surface area (Å²) in [6.07, 6.45) is 1.02. The van der Waals surface area contributed by atoms with Gasteiger partial charge in [-0.2, -0.15) is 0 Å². The summed E-state index contributed by atoms with van der Waals surface area (Å²) in [6.45, 7) is 2.49. The number of carbonyl (C=O) groups excluding carboxylic acids is 1. The molecule has 1 aromatic heterocycles. The lowest BCUT2D eigenvalue weighted by atomic mass is 10.1. The van der Waals surface area contributed by atoms with Crippen molar-refractivity contribution in [2.24, 2.45) is 0 Å². The minimum absolute atomic E-state index is 0.0963. The number of benzene rings is 1. The van der Waals surface area contributed by atoms with Gasteiger partial charge in [-0.05, 0) is 36.2 Å². The Balaban J connectivity index is 2.03. The maximum absolute atomic E-state index is 12.1. The summed E-state index contributed by atoms with van der Waals surface area (Å²) in [5, 5.41) is 0. The highest BCUT2D eigenvalue weighted by Crippen LogP contribution is 2.22. The van der Waals surface area contributed by atoms with Crippen molar-refractivity contribution in [1.29, 1.82) is 0 Å². The van der Waals surface area contributed by atoms with Crippen LogP contribution in [0.3, 0.4) is 0 Å². The molecular formula is C15H16ClNOS. The Labute approximate surface area is 122 Å². The quantitative estimate of drug-likeness (QED) is 0.767. The Morgan fingerprint density at radius 1 is 1.21 bits per heavy atom. The molecule has 0 aliphatic rings. The van der Waals surface area contributed by atoms with E-state index in [4.69, 9.17) is 11.6 Å². The van der Waals surface area contributed by atoms with Crippen molar-refractivity contribution >= 4 is 34.4 Å². The highest BCUT2D eigenvalue weighted by atomic mass is 35.5. The molecule has 19 heavy (non-hydrogen) atoms. The van der Waals surface area contributed by atoms with Gasteiger partial charge in [0.05, 0.1) is 15.8 Å². The summed E-state index contributed by atoms with van der Waals surface area (Å²) in [5.74, 6) is 0.0963. The van der Waals surface area contributed by atoms with Crippen LogP contribution in [0.25, 0.3) is 0 Å². The third-order valence-electron chi connectivity index (χ3n) is 3.01. The van der Waals surface area contributed by atoms with E-state index in [1.165, 1.54) is 16.9 Å². The predicted molar refractivity (Wildman–Crippen MR) is 82.7 cm³/mol. The maximum atomic E-state index is 12.1. The van der Waals surface area contributed by atoms with Gasteiger partial charge in [-0.25, -0.2) is 0 Å². The zero-order valence-corrected chi connectivity index (χ0v) is 12.6. The van der Waals surface area contributed by atoms with Gasteiger partial charge in [-0.15, -0.1) is 11.3 Å². The average molecular weight is 294 g/mol. The van der Waals surface area contributed by atoms with E-state index >= 15 is 0 Å². The highest BCUT2D eigenvalue weighted by molar-refractivity contribution is 7.18. The van der Waals surface area contributed by atoms with Gasteiger partial charge in [-0.3, -0.25) is 4.79 Å². The SMILES string of the molecule is CCc1ccc(N(C)CC(=O)c2ccc(Cl)s2)cc1. The zero-order valence-electron chi connectivity index (χ0n) is 11.0. The number of aryl methyl sites for hydroxylation is 1. The monoisotopic (exact) mass is 293 g/mol. The topological polar surface area (TPSA) is 20.3 Å². The van der Waals surface area contributed by atoms with Crippen LogP contribution in [0.1, 0.15) is 22.2 Å². The predicted octanol–water partition coefficient (Wildman–Crippen LogP) is 4.28. The van der Waals surface area contributed by atoms with E-state index in [9.17, 15) is 4.79 Å². The lowest BCUT2D eigenvalue weighted by Gasteiger charge is -2.18. The molecule has 0 saturated heterocycles. The maximum Gasteiger partial charge on any atom is 0.192 e. The number of likely N-dealkylation sites (N-methyl/N-ethyl adjacent to an activating group) is 1. The number of Topliss-reactive ketones (excluding diaryl/α,β-unsaturated/α-hetero) is 1. The fraction of sp³-hybridized carbons (Fsp3) is 0.267. The zero-order chi connectivity index (χ0) is 13.8. The Kier molecular flexibility index (Phi) is 4.61. The van der Waals surface area contributed by atoms with Gasteiger partial charge in [0.25, 0.3) is 0 Å². The molecule has 2 rings (SSSR count). The van der Waals surface area contributed by atoms with Gasteiger partial charge >= 0.3 is 0 Å². The van der Waals surface area contributed by atoms with E-state index in [0.29, 0.717) is 15.8 Å². The molecule has 0 N–H and O–H groups in total. The molecule has 0 aliphatic carbocycles. The molecule has 0 amide bonds. The summed E-state index contributed by atoms with van der Waals surface area (Å²) in [6, 6.07) is 11.8. The van der Waals surface area contributed by atoms with Gasteiger partial charge in [-0.1, -0.05) is 30.7 Å². The van der Waals surface area contributed by atoms with Crippen molar-refractivity contribution in [2.45, 2.75) is 13.3 Å². The number of carbonyl (C=O) groups is 1. The van der Waals surface area contributed by atoms with Crippen LogP contribution in [0.4, 0.5) is 5.69 Å². The van der Waals surface area contributed by atoms with E-state index < -0.39 is 0 Å². The van der Waals surface area contributed by atoms with Gasteiger partial charge in [0, 0.05) is 12.7 Å². The largest absolute Gasteiger partial charge is 0.367 e. The van der Waals surface area contributed by atoms with Crippen LogP contribution in [0.2, 0.25) is 4.34 Å². The van der Waals surface area contributed by atoms with Crippen molar-refractivity contribution < 1.29 is 4.79 Å². The number of ketones is 1. The lowest BCUT2D eigenvalue weighted by molar-refractivity contribution is 0.100. The van der Waals surface area contributed by atoms with Gasteiger partial charge < -0.3 is 4.90 Å². The molecule has 0 unspecified atom stereocenters. The van der Waals surface area contributed by atoms with E-state index in [1.54, 1.807) is 12.1 Å². The van der Waals surface area contributed by atoms with E-state index in [0.717, 1.165) is 12.1 Å². The number of thiophene rings is 1. The fourth-order valence-corrected chi connectivity index (χ4v) is 2.81. The number of anilines is 1. The van der Waals surface area contributed by atoms with E-state index in [-0.39, 0.29) is 5.78 Å². The fourth-order valence-electron chi connectivity index (χ4n) is 1.83. The first-order valence-corrected chi connectivity index (χ1v) is 7.38. The van der Waals surface area contributed by atoms with Crippen LogP contribution >= 0.6 is 22.9 Å². The Morgan fingerprint density at radius 2 is 1.89 bits per heavy atom. The second kappa shape index (κ2) is 6.22. The molecule has 0 spiro atoms. The van der Waals surface area contributed by atoms with Crippen molar-refractivity contribution in [2.75, 3.05) is 18.5 Å². The molecule has 2 nitrogen and oxygen atoms in total. The Bertz CT molecular complexity index is 562. The first kappa shape index (κ1) is 14.1. The number of halogens is 1.